The Kier molecular flexibility index (Phi) is 7.82. The summed E-state index contributed by atoms with van der Waals surface area (Å²) in [6, 6.07) is 16.0. The first kappa shape index (κ1) is 22.2. The van der Waals surface area contributed by atoms with Crippen LogP contribution in [-0.2, 0) is 29.1 Å². The monoisotopic (exact) mass is 440 g/mol. The van der Waals surface area contributed by atoms with Crippen molar-refractivity contribution < 1.29 is 9.59 Å². The highest BCUT2D eigenvalue weighted by molar-refractivity contribution is 7.10. The van der Waals surface area contributed by atoms with Crippen molar-refractivity contribution in [1.29, 1.82) is 0 Å². The van der Waals surface area contributed by atoms with Crippen LogP contribution in [-0.4, -0.2) is 34.2 Å². The average molecular weight is 441 g/mol. The van der Waals surface area contributed by atoms with Crippen LogP contribution in [0.3, 0.4) is 0 Å². The van der Waals surface area contributed by atoms with Crippen LogP contribution in [0.15, 0.2) is 59.3 Å². The molecule has 6 heteroatoms. The summed E-state index contributed by atoms with van der Waals surface area (Å²) in [5, 5.41) is 4.03. The molecule has 2 amide bonds. The Balaban J connectivity index is 1.75. The van der Waals surface area contributed by atoms with Crippen LogP contribution < -0.4 is 0 Å². The van der Waals surface area contributed by atoms with Crippen LogP contribution >= 0.6 is 22.7 Å². The van der Waals surface area contributed by atoms with Gasteiger partial charge in [0.05, 0.1) is 13.0 Å². The maximum atomic E-state index is 13.3. The molecule has 158 valence electrons. The van der Waals surface area contributed by atoms with E-state index in [0.717, 1.165) is 10.4 Å². The number of thiophene rings is 2. The number of benzene rings is 1. The SMILES string of the molecule is Cc1ccsc1CN(Cc1ccccc1)C(=O)CN(C(=O)Cc1cccs1)C(C)C. The Morgan fingerprint density at radius 1 is 0.900 bits per heavy atom. The fourth-order valence-corrected chi connectivity index (χ4v) is 4.86. The van der Waals surface area contributed by atoms with Gasteiger partial charge in [-0.05, 0) is 54.8 Å². The molecule has 0 saturated heterocycles. The summed E-state index contributed by atoms with van der Waals surface area (Å²) in [6.45, 7) is 7.18. The van der Waals surface area contributed by atoms with Gasteiger partial charge in [0.15, 0.2) is 0 Å². The standard InChI is InChI=1S/C24H28N2O2S2/c1-18(2)26(23(27)14-21-10-7-12-29-21)17-24(28)25(15-20-8-5-4-6-9-20)16-22-19(3)11-13-30-22/h4-13,18H,14-17H2,1-3H3. The van der Waals surface area contributed by atoms with E-state index in [4.69, 9.17) is 0 Å². The van der Waals surface area contributed by atoms with Crippen LogP contribution in [0.4, 0.5) is 0 Å². The van der Waals surface area contributed by atoms with Crippen LogP contribution in [0.2, 0.25) is 0 Å². The van der Waals surface area contributed by atoms with Gasteiger partial charge in [-0.25, -0.2) is 0 Å². The first-order valence-electron chi connectivity index (χ1n) is 10.1. The highest BCUT2D eigenvalue weighted by Crippen LogP contribution is 2.20. The van der Waals surface area contributed by atoms with Crippen molar-refractivity contribution in [2.75, 3.05) is 6.54 Å². The van der Waals surface area contributed by atoms with Gasteiger partial charge in [-0.2, -0.15) is 0 Å². The second-order valence-electron chi connectivity index (χ2n) is 7.63. The summed E-state index contributed by atoms with van der Waals surface area (Å²) in [5.41, 5.74) is 2.28. The molecule has 0 aliphatic carbocycles. The van der Waals surface area contributed by atoms with E-state index in [-0.39, 0.29) is 24.4 Å². The average Bonchev–Trinajstić information content (AvgIpc) is 3.37. The van der Waals surface area contributed by atoms with Crippen molar-refractivity contribution in [2.45, 2.75) is 46.3 Å². The minimum Gasteiger partial charge on any atom is -0.332 e. The smallest absolute Gasteiger partial charge is 0.242 e. The second kappa shape index (κ2) is 10.5. The Labute approximate surface area is 186 Å². The molecule has 2 heterocycles. The number of hydrogen-bond acceptors (Lipinski definition) is 4. The van der Waals surface area contributed by atoms with E-state index < -0.39 is 0 Å². The van der Waals surface area contributed by atoms with Crippen molar-refractivity contribution in [3.63, 3.8) is 0 Å². The fraction of sp³-hybridized carbons (Fsp3) is 0.333. The summed E-state index contributed by atoms with van der Waals surface area (Å²) in [6.07, 6.45) is 0.339. The van der Waals surface area contributed by atoms with Gasteiger partial charge < -0.3 is 9.80 Å². The molecule has 4 nitrogen and oxygen atoms in total. The highest BCUT2D eigenvalue weighted by Gasteiger charge is 2.24. The van der Waals surface area contributed by atoms with Gasteiger partial charge in [-0.3, -0.25) is 9.59 Å². The van der Waals surface area contributed by atoms with Crippen molar-refractivity contribution in [2.24, 2.45) is 0 Å². The van der Waals surface area contributed by atoms with Gasteiger partial charge in [-0.15, -0.1) is 22.7 Å². The number of nitrogens with zero attached hydrogens (tertiary/aromatic N) is 2. The van der Waals surface area contributed by atoms with E-state index in [1.165, 1.54) is 10.4 Å². The Morgan fingerprint density at radius 2 is 1.67 bits per heavy atom. The number of amides is 2. The molecular formula is C24H28N2O2S2. The molecule has 0 aliphatic rings. The Bertz CT molecular complexity index is 949. The molecule has 0 bridgehead atoms. The summed E-state index contributed by atoms with van der Waals surface area (Å²) in [5.74, 6) is -0.0346. The van der Waals surface area contributed by atoms with Crippen LogP contribution in [0.1, 0.15) is 34.7 Å². The molecule has 0 unspecified atom stereocenters. The van der Waals surface area contributed by atoms with Crippen molar-refractivity contribution in [3.05, 3.63) is 80.2 Å². The molecule has 0 aliphatic heterocycles. The lowest BCUT2D eigenvalue weighted by Crippen LogP contribution is -2.46. The number of rotatable bonds is 9. The molecule has 0 spiro atoms. The minimum atomic E-state index is -0.0385. The fourth-order valence-electron chi connectivity index (χ4n) is 3.24. The zero-order valence-electron chi connectivity index (χ0n) is 17.7. The van der Waals surface area contributed by atoms with Crippen LogP contribution in [0, 0.1) is 6.92 Å². The molecule has 0 atom stereocenters. The lowest BCUT2D eigenvalue weighted by molar-refractivity contribution is -0.142. The molecule has 0 fully saturated rings. The summed E-state index contributed by atoms with van der Waals surface area (Å²) in [4.78, 5) is 32.0. The third kappa shape index (κ3) is 6.03. The van der Waals surface area contributed by atoms with Gasteiger partial charge in [0, 0.05) is 22.3 Å². The number of carbonyl (C=O) groups excluding carboxylic acids is 2. The predicted octanol–water partition coefficient (Wildman–Crippen LogP) is 5.13. The van der Waals surface area contributed by atoms with E-state index in [0.29, 0.717) is 19.5 Å². The first-order valence-corrected chi connectivity index (χ1v) is 11.9. The summed E-state index contributed by atoms with van der Waals surface area (Å²) < 4.78 is 0. The highest BCUT2D eigenvalue weighted by atomic mass is 32.1. The van der Waals surface area contributed by atoms with E-state index in [1.54, 1.807) is 27.6 Å². The zero-order chi connectivity index (χ0) is 21.5. The predicted molar refractivity (Wildman–Crippen MR) is 125 cm³/mol. The van der Waals surface area contributed by atoms with Gasteiger partial charge in [0.25, 0.3) is 0 Å². The first-order chi connectivity index (χ1) is 14.4. The number of hydrogen-bond donors (Lipinski definition) is 0. The molecule has 30 heavy (non-hydrogen) atoms. The molecule has 3 aromatic rings. The topological polar surface area (TPSA) is 40.6 Å². The van der Waals surface area contributed by atoms with Crippen molar-refractivity contribution in [1.82, 2.24) is 9.80 Å². The van der Waals surface area contributed by atoms with Gasteiger partial charge >= 0.3 is 0 Å². The lowest BCUT2D eigenvalue weighted by atomic mass is 10.2. The second-order valence-corrected chi connectivity index (χ2v) is 9.67. The molecule has 1 aromatic carbocycles. The maximum absolute atomic E-state index is 13.3. The minimum absolute atomic E-state index is 0.00670. The third-order valence-electron chi connectivity index (χ3n) is 5.03. The van der Waals surface area contributed by atoms with Gasteiger partial charge in [0.2, 0.25) is 11.8 Å². The maximum Gasteiger partial charge on any atom is 0.242 e. The van der Waals surface area contributed by atoms with Gasteiger partial charge in [-0.1, -0.05) is 36.4 Å². The van der Waals surface area contributed by atoms with Gasteiger partial charge in [0.1, 0.15) is 6.54 Å². The summed E-state index contributed by atoms with van der Waals surface area (Å²) >= 11 is 3.24. The van der Waals surface area contributed by atoms with Crippen LogP contribution in [0.5, 0.6) is 0 Å². The van der Waals surface area contributed by atoms with Crippen molar-refractivity contribution >= 4 is 34.5 Å². The third-order valence-corrected chi connectivity index (χ3v) is 6.91. The molecule has 2 aromatic heterocycles. The van der Waals surface area contributed by atoms with E-state index in [2.05, 4.69) is 18.4 Å². The van der Waals surface area contributed by atoms with Crippen molar-refractivity contribution in [3.8, 4) is 0 Å². The zero-order valence-corrected chi connectivity index (χ0v) is 19.3. The molecule has 0 radical (unpaired) electrons. The quantitative estimate of drug-likeness (QED) is 0.463. The number of carbonyl (C=O) groups is 2. The largest absolute Gasteiger partial charge is 0.332 e. The Hall–Kier alpha value is -2.44. The molecule has 0 N–H and O–H groups in total. The van der Waals surface area contributed by atoms with E-state index in [9.17, 15) is 9.59 Å². The molecule has 0 saturated carbocycles. The molecular weight excluding hydrogens is 412 g/mol. The lowest BCUT2D eigenvalue weighted by Gasteiger charge is -2.30. The number of aryl methyl sites for hydroxylation is 1. The van der Waals surface area contributed by atoms with E-state index in [1.807, 2.05) is 66.6 Å². The normalized spacial score (nSPS) is 10.9. The summed E-state index contributed by atoms with van der Waals surface area (Å²) in [7, 11) is 0. The Morgan fingerprint density at radius 3 is 2.27 bits per heavy atom. The van der Waals surface area contributed by atoms with E-state index >= 15 is 0 Å². The molecule has 3 rings (SSSR count). The van der Waals surface area contributed by atoms with Crippen LogP contribution in [0.25, 0.3) is 0 Å².